The molecule has 1 aliphatic carbocycles. The van der Waals surface area contributed by atoms with Crippen molar-refractivity contribution in [3.8, 4) is 0 Å². The van der Waals surface area contributed by atoms with E-state index >= 15 is 0 Å². The minimum atomic E-state index is 0. The summed E-state index contributed by atoms with van der Waals surface area (Å²) in [6.45, 7) is 4.15. The van der Waals surface area contributed by atoms with E-state index in [2.05, 4.69) is 6.58 Å². The van der Waals surface area contributed by atoms with Crippen LogP contribution in [-0.2, 0) is 0 Å². The molecule has 0 aromatic carbocycles. The molecule has 1 saturated carbocycles. The van der Waals surface area contributed by atoms with Crippen LogP contribution in [0.2, 0.25) is 0 Å². The molecule has 1 fully saturated rings. The Morgan fingerprint density at radius 1 is 1.67 bits per heavy atom. The molecule has 0 aromatic heterocycles. The van der Waals surface area contributed by atoms with Gasteiger partial charge in [-0.1, -0.05) is 12.2 Å². The SMILES string of the molecule is C=C1CCCC1CO.O. The van der Waals surface area contributed by atoms with Crippen molar-refractivity contribution >= 4 is 0 Å². The molecule has 0 amide bonds. The van der Waals surface area contributed by atoms with Crippen LogP contribution in [0.3, 0.4) is 0 Å². The van der Waals surface area contributed by atoms with Crippen molar-refractivity contribution in [1.82, 2.24) is 0 Å². The number of aliphatic hydroxyl groups is 1. The molecule has 0 aromatic rings. The lowest BCUT2D eigenvalue weighted by Gasteiger charge is -2.03. The van der Waals surface area contributed by atoms with Crippen molar-refractivity contribution in [1.29, 1.82) is 0 Å². The Kier molecular flexibility index (Phi) is 3.50. The highest BCUT2D eigenvalue weighted by Gasteiger charge is 2.16. The second-order valence-corrected chi connectivity index (χ2v) is 2.43. The summed E-state index contributed by atoms with van der Waals surface area (Å²) < 4.78 is 0. The van der Waals surface area contributed by atoms with Crippen LogP contribution in [0, 0.1) is 5.92 Å². The maximum Gasteiger partial charge on any atom is 0.0496 e. The summed E-state index contributed by atoms with van der Waals surface area (Å²) in [5.74, 6) is 0.426. The van der Waals surface area contributed by atoms with Crippen molar-refractivity contribution in [2.45, 2.75) is 19.3 Å². The van der Waals surface area contributed by atoms with Crippen molar-refractivity contribution in [2.24, 2.45) is 5.92 Å². The number of hydrogen-bond donors (Lipinski definition) is 1. The van der Waals surface area contributed by atoms with Crippen LogP contribution in [0.5, 0.6) is 0 Å². The van der Waals surface area contributed by atoms with Gasteiger partial charge in [-0.2, -0.15) is 0 Å². The average molecular weight is 130 g/mol. The van der Waals surface area contributed by atoms with Gasteiger partial charge in [0.1, 0.15) is 0 Å². The van der Waals surface area contributed by atoms with Crippen LogP contribution in [0.15, 0.2) is 12.2 Å². The van der Waals surface area contributed by atoms with Crippen LogP contribution >= 0.6 is 0 Å². The summed E-state index contributed by atoms with van der Waals surface area (Å²) in [7, 11) is 0. The number of hydrogen-bond acceptors (Lipinski definition) is 1. The molecule has 1 aliphatic rings. The maximum absolute atomic E-state index is 8.68. The first-order valence-corrected chi connectivity index (χ1v) is 3.13. The number of aliphatic hydroxyl groups excluding tert-OH is 1. The highest BCUT2D eigenvalue weighted by molar-refractivity contribution is 5.05. The van der Waals surface area contributed by atoms with Crippen LogP contribution in [0.4, 0.5) is 0 Å². The van der Waals surface area contributed by atoms with E-state index in [1.54, 1.807) is 0 Å². The molecular weight excluding hydrogens is 116 g/mol. The predicted molar refractivity (Wildman–Crippen MR) is 37.2 cm³/mol. The second-order valence-electron chi connectivity index (χ2n) is 2.43. The van der Waals surface area contributed by atoms with Crippen LogP contribution in [0.1, 0.15) is 19.3 Å². The second kappa shape index (κ2) is 3.64. The first-order chi connectivity index (χ1) is 3.84. The van der Waals surface area contributed by atoms with Gasteiger partial charge in [-0.15, -0.1) is 0 Å². The fourth-order valence-corrected chi connectivity index (χ4v) is 1.20. The van der Waals surface area contributed by atoms with E-state index in [4.69, 9.17) is 5.11 Å². The van der Waals surface area contributed by atoms with E-state index in [0.717, 1.165) is 12.8 Å². The van der Waals surface area contributed by atoms with Gasteiger partial charge in [0, 0.05) is 12.5 Å². The van der Waals surface area contributed by atoms with Gasteiger partial charge in [-0.05, 0) is 19.3 Å². The molecule has 0 spiro atoms. The normalized spacial score (nSPS) is 25.9. The highest BCUT2D eigenvalue weighted by atomic mass is 16.3. The minimum absolute atomic E-state index is 0. The quantitative estimate of drug-likeness (QED) is 0.516. The third kappa shape index (κ3) is 1.80. The van der Waals surface area contributed by atoms with Gasteiger partial charge in [0.15, 0.2) is 0 Å². The Morgan fingerprint density at radius 3 is 2.56 bits per heavy atom. The predicted octanol–water partition coefficient (Wildman–Crippen LogP) is 0.510. The summed E-state index contributed by atoms with van der Waals surface area (Å²) in [6, 6.07) is 0. The zero-order valence-electron chi connectivity index (χ0n) is 5.56. The third-order valence-corrected chi connectivity index (χ3v) is 1.85. The molecule has 2 nitrogen and oxygen atoms in total. The molecule has 3 N–H and O–H groups in total. The van der Waals surface area contributed by atoms with Crippen molar-refractivity contribution in [3.63, 3.8) is 0 Å². The monoisotopic (exact) mass is 130 g/mol. The first kappa shape index (κ1) is 8.66. The highest BCUT2D eigenvalue weighted by Crippen LogP contribution is 2.28. The Morgan fingerprint density at radius 2 is 2.33 bits per heavy atom. The zero-order valence-corrected chi connectivity index (χ0v) is 5.56. The zero-order chi connectivity index (χ0) is 5.98. The summed E-state index contributed by atoms with van der Waals surface area (Å²) >= 11 is 0. The molecule has 0 saturated heterocycles. The fourth-order valence-electron chi connectivity index (χ4n) is 1.20. The Hall–Kier alpha value is -0.340. The Balaban J connectivity index is 0.000000640. The van der Waals surface area contributed by atoms with E-state index in [0.29, 0.717) is 12.5 Å². The van der Waals surface area contributed by atoms with Gasteiger partial charge >= 0.3 is 0 Å². The third-order valence-electron chi connectivity index (χ3n) is 1.85. The van der Waals surface area contributed by atoms with E-state index in [-0.39, 0.29) is 5.48 Å². The van der Waals surface area contributed by atoms with Crippen LogP contribution in [0.25, 0.3) is 0 Å². The fraction of sp³-hybridized carbons (Fsp3) is 0.714. The molecule has 0 aliphatic heterocycles. The molecule has 1 unspecified atom stereocenters. The maximum atomic E-state index is 8.68. The number of rotatable bonds is 1. The molecule has 0 bridgehead atoms. The lowest BCUT2D eigenvalue weighted by molar-refractivity contribution is 0.249. The van der Waals surface area contributed by atoms with Crippen molar-refractivity contribution in [2.75, 3.05) is 6.61 Å². The molecule has 0 heterocycles. The van der Waals surface area contributed by atoms with Crippen molar-refractivity contribution < 1.29 is 10.6 Å². The molecule has 1 rings (SSSR count). The minimum Gasteiger partial charge on any atom is -0.412 e. The average Bonchev–Trinajstić information content (AvgIpc) is 2.14. The van der Waals surface area contributed by atoms with E-state index < -0.39 is 0 Å². The smallest absolute Gasteiger partial charge is 0.0496 e. The summed E-state index contributed by atoms with van der Waals surface area (Å²) in [5.41, 5.74) is 1.24. The summed E-state index contributed by atoms with van der Waals surface area (Å²) in [5, 5.41) is 8.68. The summed E-state index contributed by atoms with van der Waals surface area (Å²) in [6.07, 6.45) is 3.50. The topological polar surface area (TPSA) is 51.7 Å². The Bertz CT molecular complexity index is 99.1. The molecule has 54 valence electrons. The first-order valence-electron chi connectivity index (χ1n) is 3.13. The molecular formula is C7H14O2. The van der Waals surface area contributed by atoms with Gasteiger partial charge in [-0.25, -0.2) is 0 Å². The Labute approximate surface area is 55.5 Å². The summed E-state index contributed by atoms with van der Waals surface area (Å²) in [4.78, 5) is 0. The van der Waals surface area contributed by atoms with Crippen LogP contribution < -0.4 is 0 Å². The van der Waals surface area contributed by atoms with Crippen molar-refractivity contribution in [3.05, 3.63) is 12.2 Å². The molecule has 2 heteroatoms. The molecule has 0 radical (unpaired) electrons. The molecule has 1 atom stereocenters. The van der Waals surface area contributed by atoms with E-state index in [1.807, 2.05) is 0 Å². The standard InChI is InChI=1S/C7H12O.H2O/c1-6-3-2-4-7(6)5-8;/h7-8H,1-5H2;1H2. The largest absolute Gasteiger partial charge is 0.412 e. The van der Waals surface area contributed by atoms with Gasteiger partial charge in [-0.3, -0.25) is 0 Å². The van der Waals surface area contributed by atoms with E-state index in [1.165, 1.54) is 12.0 Å². The lowest BCUT2D eigenvalue weighted by atomic mass is 10.1. The van der Waals surface area contributed by atoms with Gasteiger partial charge in [0.25, 0.3) is 0 Å². The lowest BCUT2D eigenvalue weighted by Crippen LogP contribution is -2.00. The molecule has 9 heavy (non-hydrogen) atoms. The van der Waals surface area contributed by atoms with Gasteiger partial charge in [0.05, 0.1) is 0 Å². The van der Waals surface area contributed by atoms with Gasteiger partial charge in [0.2, 0.25) is 0 Å². The van der Waals surface area contributed by atoms with Gasteiger partial charge < -0.3 is 10.6 Å². The van der Waals surface area contributed by atoms with Crippen LogP contribution in [-0.4, -0.2) is 17.2 Å². The van der Waals surface area contributed by atoms with E-state index in [9.17, 15) is 0 Å².